The molecule has 2 unspecified atom stereocenters. The Balaban J connectivity index is 2.43. The van der Waals surface area contributed by atoms with Crippen LogP contribution in [0.5, 0.6) is 0 Å². The lowest BCUT2D eigenvalue weighted by Crippen LogP contribution is -2.48. The monoisotopic (exact) mass is 352 g/mol. The number of aliphatic imine (C=N–C) groups is 1. The van der Waals surface area contributed by atoms with Crippen molar-refractivity contribution in [3.05, 3.63) is 12.7 Å². The Morgan fingerprint density at radius 3 is 2.60 bits per heavy atom. The van der Waals surface area contributed by atoms with Crippen LogP contribution in [-0.4, -0.2) is 43.9 Å². The van der Waals surface area contributed by atoms with Crippen molar-refractivity contribution >= 4 is 18.1 Å². The summed E-state index contributed by atoms with van der Waals surface area (Å²) in [6.07, 6.45) is 5.11. The lowest BCUT2D eigenvalue weighted by molar-refractivity contribution is -0.137. The molecule has 140 valence electrons. The average molecular weight is 352 g/mol. The first-order valence-electron chi connectivity index (χ1n) is 8.46. The van der Waals surface area contributed by atoms with Crippen molar-refractivity contribution < 1.29 is 23.9 Å². The molecule has 1 fully saturated rings. The Bertz CT molecular complexity index is 540. The van der Waals surface area contributed by atoms with E-state index in [-0.39, 0.29) is 30.1 Å². The molecule has 2 atom stereocenters. The molecular weight excluding hydrogens is 324 g/mol. The number of nitrogens with zero attached hydrogens (tertiary/aromatic N) is 1. The number of carbonyl (C=O) groups excluding carboxylic acids is 3. The van der Waals surface area contributed by atoms with E-state index in [1.165, 1.54) is 0 Å². The van der Waals surface area contributed by atoms with Crippen LogP contribution in [0.3, 0.4) is 0 Å². The van der Waals surface area contributed by atoms with Crippen LogP contribution in [0.4, 0.5) is 4.79 Å². The van der Waals surface area contributed by atoms with Crippen LogP contribution in [0, 0.1) is 10.8 Å². The number of isocyanates is 1. The van der Waals surface area contributed by atoms with E-state index in [1.807, 2.05) is 0 Å². The third kappa shape index (κ3) is 7.98. The van der Waals surface area contributed by atoms with Gasteiger partial charge in [-0.05, 0) is 30.1 Å². The number of esters is 1. The number of rotatable bonds is 8. The maximum Gasteiger partial charge on any atom is 0.407 e. The van der Waals surface area contributed by atoms with Gasteiger partial charge in [-0.3, -0.25) is 0 Å². The van der Waals surface area contributed by atoms with Crippen molar-refractivity contribution in [2.75, 3.05) is 19.8 Å². The summed E-state index contributed by atoms with van der Waals surface area (Å²) in [4.78, 5) is 37.0. The van der Waals surface area contributed by atoms with Crippen molar-refractivity contribution in [2.45, 2.75) is 52.5 Å². The summed E-state index contributed by atoms with van der Waals surface area (Å²) in [5, 5.41) is 2.89. The lowest BCUT2D eigenvalue weighted by atomic mass is 9.62. The quantitative estimate of drug-likeness (QED) is 0.238. The fourth-order valence-electron chi connectivity index (χ4n) is 3.74. The zero-order valence-electron chi connectivity index (χ0n) is 15.3. The van der Waals surface area contributed by atoms with E-state index in [2.05, 4.69) is 37.7 Å². The summed E-state index contributed by atoms with van der Waals surface area (Å²) in [6.45, 7) is 10.4. The molecule has 1 saturated carbocycles. The van der Waals surface area contributed by atoms with Gasteiger partial charge in [0.15, 0.2) is 0 Å². The SMILES string of the molecule is C=CC(=O)OCCCOC(=O)NC1CC(C)(C)CC(C)(CN=C=O)C1. The Morgan fingerprint density at radius 1 is 1.28 bits per heavy atom. The third-order valence-electron chi connectivity index (χ3n) is 4.22. The van der Waals surface area contributed by atoms with Crippen LogP contribution < -0.4 is 5.32 Å². The summed E-state index contributed by atoms with van der Waals surface area (Å²) in [7, 11) is 0. The van der Waals surface area contributed by atoms with E-state index < -0.39 is 12.1 Å². The minimum atomic E-state index is -0.494. The number of nitrogens with one attached hydrogen (secondary N) is 1. The number of ether oxygens (including phenoxy) is 2. The highest BCUT2D eigenvalue weighted by Crippen LogP contribution is 2.46. The second-order valence-electron chi connectivity index (χ2n) is 7.67. The molecule has 0 bridgehead atoms. The predicted molar refractivity (Wildman–Crippen MR) is 92.8 cm³/mol. The fraction of sp³-hybridized carbons (Fsp3) is 0.722. The Morgan fingerprint density at radius 2 is 1.96 bits per heavy atom. The molecule has 1 amide bonds. The maximum atomic E-state index is 12.0. The van der Waals surface area contributed by atoms with Crippen molar-refractivity contribution in [2.24, 2.45) is 15.8 Å². The van der Waals surface area contributed by atoms with E-state index in [4.69, 9.17) is 9.47 Å². The first-order chi connectivity index (χ1) is 11.7. The molecular formula is C18H28N2O5. The fourth-order valence-corrected chi connectivity index (χ4v) is 3.74. The van der Waals surface area contributed by atoms with Gasteiger partial charge in [0.05, 0.1) is 19.8 Å². The highest BCUT2D eigenvalue weighted by Gasteiger charge is 2.41. The minimum absolute atomic E-state index is 0.0300. The van der Waals surface area contributed by atoms with Gasteiger partial charge in [0.2, 0.25) is 6.08 Å². The van der Waals surface area contributed by atoms with E-state index in [1.54, 1.807) is 6.08 Å². The molecule has 0 aromatic rings. The first-order valence-corrected chi connectivity index (χ1v) is 8.46. The minimum Gasteiger partial charge on any atom is -0.462 e. The number of hydrogen-bond donors (Lipinski definition) is 1. The van der Waals surface area contributed by atoms with Crippen LogP contribution in [0.25, 0.3) is 0 Å². The lowest BCUT2D eigenvalue weighted by Gasteiger charge is -2.45. The molecule has 0 spiro atoms. The molecule has 0 aliphatic heterocycles. The van der Waals surface area contributed by atoms with Gasteiger partial charge in [0, 0.05) is 18.5 Å². The van der Waals surface area contributed by atoms with Gasteiger partial charge in [-0.15, -0.1) is 0 Å². The zero-order chi connectivity index (χ0) is 18.9. The second-order valence-corrected chi connectivity index (χ2v) is 7.67. The third-order valence-corrected chi connectivity index (χ3v) is 4.22. The Kier molecular flexibility index (Phi) is 7.84. The van der Waals surface area contributed by atoms with Crippen LogP contribution in [-0.2, 0) is 19.1 Å². The molecule has 7 nitrogen and oxygen atoms in total. The maximum absolute atomic E-state index is 12.0. The normalized spacial score (nSPS) is 24.5. The van der Waals surface area contributed by atoms with E-state index >= 15 is 0 Å². The Labute approximate surface area is 148 Å². The topological polar surface area (TPSA) is 94.1 Å². The van der Waals surface area contributed by atoms with Crippen LogP contribution >= 0.6 is 0 Å². The van der Waals surface area contributed by atoms with Gasteiger partial charge in [-0.2, -0.15) is 0 Å². The van der Waals surface area contributed by atoms with Gasteiger partial charge in [0.25, 0.3) is 0 Å². The second kappa shape index (κ2) is 9.37. The van der Waals surface area contributed by atoms with Crippen LogP contribution in [0.2, 0.25) is 0 Å². The standard InChI is InChI=1S/C18H28N2O5/c1-5-15(22)24-7-6-8-25-16(23)20-14-9-17(2,3)11-18(4,10-14)12-19-13-21/h5,14H,1,6-12H2,2-4H3,(H,20,23). The van der Waals surface area contributed by atoms with Crippen molar-refractivity contribution in [3.8, 4) is 0 Å². The van der Waals surface area contributed by atoms with E-state index in [0.717, 1.165) is 25.3 Å². The summed E-state index contributed by atoms with van der Waals surface area (Å²) in [5.74, 6) is -0.494. The average Bonchev–Trinajstić information content (AvgIpc) is 2.50. The van der Waals surface area contributed by atoms with Crippen molar-refractivity contribution in [1.82, 2.24) is 5.32 Å². The molecule has 0 heterocycles. The van der Waals surface area contributed by atoms with Gasteiger partial charge in [-0.25, -0.2) is 19.4 Å². The predicted octanol–water partition coefficient (Wildman–Crippen LogP) is 2.75. The zero-order valence-corrected chi connectivity index (χ0v) is 15.3. The summed E-state index contributed by atoms with van der Waals surface area (Å²) in [5.41, 5.74) is -0.127. The number of alkyl carbamates (subject to hydrolysis) is 1. The Hall–Kier alpha value is -2.14. The van der Waals surface area contributed by atoms with Gasteiger partial charge >= 0.3 is 12.1 Å². The van der Waals surface area contributed by atoms with Crippen LogP contribution in [0.1, 0.15) is 46.5 Å². The summed E-state index contributed by atoms with van der Waals surface area (Å²) in [6, 6.07) is -0.0401. The van der Waals surface area contributed by atoms with Crippen LogP contribution in [0.15, 0.2) is 17.6 Å². The molecule has 0 aromatic carbocycles. The molecule has 1 rings (SSSR count). The van der Waals surface area contributed by atoms with Gasteiger partial charge in [0.1, 0.15) is 0 Å². The number of hydrogen-bond acceptors (Lipinski definition) is 6. The molecule has 1 aliphatic rings. The molecule has 1 N–H and O–H groups in total. The van der Waals surface area contributed by atoms with E-state index in [0.29, 0.717) is 13.0 Å². The molecule has 7 heteroatoms. The largest absolute Gasteiger partial charge is 0.462 e. The van der Waals surface area contributed by atoms with Gasteiger partial charge < -0.3 is 14.8 Å². The highest BCUT2D eigenvalue weighted by atomic mass is 16.6. The smallest absolute Gasteiger partial charge is 0.407 e. The number of carbonyl (C=O) groups is 2. The first kappa shape index (κ1) is 20.9. The van der Waals surface area contributed by atoms with Crippen molar-refractivity contribution in [3.63, 3.8) is 0 Å². The van der Waals surface area contributed by atoms with Crippen molar-refractivity contribution in [1.29, 1.82) is 0 Å². The van der Waals surface area contributed by atoms with E-state index in [9.17, 15) is 14.4 Å². The molecule has 0 aromatic heterocycles. The highest BCUT2D eigenvalue weighted by molar-refractivity contribution is 5.81. The molecule has 0 saturated heterocycles. The summed E-state index contributed by atoms with van der Waals surface area (Å²) >= 11 is 0. The molecule has 0 radical (unpaired) electrons. The van der Waals surface area contributed by atoms with Gasteiger partial charge in [-0.1, -0.05) is 27.4 Å². The number of amides is 1. The summed E-state index contributed by atoms with van der Waals surface area (Å²) < 4.78 is 9.93. The molecule has 1 aliphatic carbocycles. The molecule has 25 heavy (non-hydrogen) atoms.